The molecule has 2 aromatic carbocycles. The van der Waals surface area contributed by atoms with Crippen molar-refractivity contribution >= 4 is 17.3 Å². The summed E-state index contributed by atoms with van der Waals surface area (Å²) in [5.74, 6) is 0.710. The molecule has 0 saturated heterocycles. The van der Waals surface area contributed by atoms with Crippen molar-refractivity contribution in [3.63, 3.8) is 0 Å². The lowest BCUT2D eigenvalue weighted by atomic mass is 10.2. The smallest absolute Gasteiger partial charge is 0.221 e. The molecule has 2 rings (SSSR count). The minimum absolute atomic E-state index is 0.0777. The highest BCUT2D eigenvalue weighted by molar-refractivity contribution is 5.88. The molecule has 0 saturated carbocycles. The van der Waals surface area contributed by atoms with Crippen LogP contribution in [0, 0.1) is 6.92 Å². The number of aryl methyl sites for hydroxylation is 1. The number of rotatable bonds is 6. The first kappa shape index (κ1) is 14.9. The van der Waals surface area contributed by atoms with Crippen LogP contribution in [0.2, 0.25) is 0 Å². The minimum atomic E-state index is -0.0777. The van der Waals surface area contributed by atoms with Crippen molar-refractivity contribution in [1.82, 2.24) is 0 Å². The number of benzene rings is 2. The SMILES string of the molecule is CC(=O)Nc1ccc(OCCNc2ccccc2C)cc1. The molecule has 0 unspecified atom stereocenters. The van der Waals surface area contributed by atoms with E-state index >= 15 is 0 Å². The lowest BCUT2D eigenvalue weighted by Gasteiger charge is -2.11. The third-order valence-corrected chi connectivity index (χ3v) is 3.01. The molecule has 2 aromatic rings. The number of anilines is 2. The van der Waals surface area contributed by atoms with E-state index in [0.29, 0.717) is 6.61 Å². The predicted octanol–water partition coefficient (Wildman–Crippen LogP) is 3.44. The summed E-state index contributed by atoms with van der Waals surface area (Å²) in [4.78, 5) is 10.9. The zero-order chi connectivity index (χ0) is 15.1. The van der Waals surface area contributed by atoms with Gasteiger partial charge in [0.1, 0.15) is 12.4 Å². The third kappa shape index (κ3) is 4.84. The summed E-state index contributed by atoms with van der Waals surface area (Å²) in [5.41, 5.74) is 3.12. The normalized spacial score (nSPS) is 10.0. The van der Waals surface area contributed by atoms with Gasteiger partial charge in [-0.05, 0) is 42.8 Å². The summed E-state index contributed by atoms with van der Waals surface area (Å²) in [6.45, 7) is 4.87. The van der Waals surface area contributed by atoms with Gasteiger partial charge in [0.05, 0.1) is 0 Å². The van der Waals surface area contributed by atoms with E-state index in [-0.39, 0.29) is 5.91 Å². The number of carbonyl (C=O) groups excluding carboxylic acids is 1. The Kier molecular flexibility index (Phi) is 5.21. The maximum Gasteiger partial charge on any atom is 0.221 e. The zero-order valence-corrected chi connectivity index (χ0v) is 12.3. The molecular formula is C17H20N2O2. The van der Waals surface area contributed by atoms with E-state index in [4.69, 9.17) is 4.74 Å². The Bertz CT molecular complexity index is 594. The fraction of sp³-hybridized carbons (Fsp3) is 0.235. The van der Waals surface area contributed by atoms with Gasteiger partial charge in [-0.25, -0.2) is 0 Å². The fourth-order valence-corrected chi connectivity index (χ4v) is 1.96. The van der Waals surface area contributed by atoms with Crippen LogP contribution < -0.4 is 15.4 Å². The number of para-hydroxylation sites is 1. The van der Waals surface area contributed by atoms with Gasteiger partial charge >= 0.3 is 0 Å². The van der Waals surface area contributed by atoms with E-state index < -0.39 is 0 Å². The summed E-state index contributed by atoms with van der Waals surface area (Å²) < 4.78 is 5.65. The number of hydrogen-bond donors (Lipinski definition) is 2. The molecule has 0 aromatic heterocycles. The molecule has 0 atom stereocenters. The van der Waals surface area contributed by atoms with Gasteiger partial charge in [0.15, 0.2) is 0 Å². The maximum absolute atomic E-state index is 10.9. The second-order valence-electron chi connectivity index (χ2n) is 4.80. The molecule has 2 N–H and O–H groups in total. The summed E-state index contributed by atoms with van der Waals surface area (Å²) in [6, 6.07) is 15.5. The molecule has 4 heteroatoms. The van der Waals surface area contributed by atoms with Gasteiger partial charge in [0.25, 0.3) is 0 Å². The van der Waals surface area contributed by atoms with Crippen LogP contribution in [0.15, 0.2) is 48.5 Å². The molecule has 0 aliphatic carbocycles. The molecule has 0 bridgehead atoms. The van der Waals surface area contributed by atoms with Gasteiger partial charge in [-0.2, -0.15) is 0 Å². The minimum Gasteiger partial charge on any atom is -0.492 e. The average Bonchev–Trinajstić information content (AvgIpc) is 2.46. The first-order valence-electron chi connectivity index (χ1n) is 6.95. The number of nitrogens with one attached hydrogen (secondary N) is 2. The van der Waals surface area contributed by atoms with Crippen LogP contribution in [0.4, 0.5) is 11.4 Å². The van der Waals surface area contributed by atoms with Crippen LogP contribution >= 0.6 is 0 Å². The third-order valence-electron chi connectivity index (χ3n) is 3.01. The average molecular weight is 284 g/mol. The Hall–Kier alpha value is -2.49. The molecule has 0 heterocycles. The zero-order valence-electron chi connectivity index (χ0n) is 12.3. The van der Waals surface area contributed by atoms with E-state index in [9.17, 15) is 4.79 Å². The summed E-state index contributed by atoms with van der Waals surface area (Å²) >= 11 is 0. The van der Waals surface area contributed by atoms with Crippen LogP contribution in [0.5, 0.6) is 5.75 Å². The Morgan fingerprint density at radius 2 is 1.81 bits per heavy atom. The second kappa shape index (κ2) is 7.33. The van der Waals surface area contributed by atoms with Crippen LogP contribution in [0.25, 0.3) is 0 Å². The summed E-state index contributed by atoms with van der Waals surface area (Å²) in [7, 11) is 0. The van der Waals surface area contributed by atoms with Gasteiger partial charge in [-0.3, -0.25) is 4.79 Å². The van der Waals surface area contributed by atoms with E-state index in [1.807, 2.05) is 36.4 Å². The molecule has 110 valence electrons. The second-order valence-corrected chi connectivity index (χ2v) is 4.80. The largest absolute Gasteiger partial charge is 0.492 e. The van der Waals surface area contributed by atoms with Crippen LogP contribution in [0.1, 0.15) is 12.5 Å². The molecule has 0 fully saturated rings. The first-order chi connectivity index (χ1) is 10.1. The molecule has 0 radical (unpaired) electrons. The van der Waals surface area contributed by atoms with Crippen LogP contribution in [-0.2, 0) is 4.79 Å². The topological polar surface area (TPSA) is 50.4 Å². The predicted molar refractivity (Wildman–Crippen MR) is 85.9 cm³/mol. The summed E-state index contributed by atoms with van der Waals surface area (Å²) in [6.07, 6.45) is 0. The van der Waals surface area contributed by atoms with E-state index in [2.05, 4.69) is 29.7 Å². The molecule has 4 nitrogen and oxygen atoms in total. The highest BCUT2D eigenvalue weighted by atomic mass is 16.5. The van der Waals surface area contributed by atoms with Crippen LogP contribution in [0.3, 0.4) is 0 Å². The van der Waals surface area contributed by atoms with Crippen molar-refractivity contribution in [2.75, 3.05) is 23.8 Å². The van der Waals surface area contributed by atoms with E-state index in [1.165, 1.54) is 12.5 Å². The molecule has 1 amide bonds. The Balaban J connectivity index is 1.76. The lowest BCUT2D eigenvalue weighted by Crippen LogP contribution is -2.12. The molecule has 0 aliphatic rings. The van der Waals surface area contributed by atoms with Crippen LogP contribution in [-0.4, -0.2) is 19.1 Å². The molecular weight excluding hydrogens is 264 g/mol. The molecule has 0 aliphatic heterocycles. The standard InChI is InChI=1S/C17H20N2O2/c1-13-5-3-4-6-17(13)18-11-12-21-16-9-7-15(8-10-16)19-14(2)20/h3-10,18H,11-12H2,1-2H3,(H,19,20). The number of carbonyl (C=O) groups is 1. The summed E-state index contributed by atoms with van der Waals surface area (Å²) in [5, 5.41) is 6.06. The van der Waals surface area contributed by atoms with Crippen molar-refractivity contribution in [3.05, 3.63) is 54.1 Å². The number of amides is 1. The van der Waals surface area contributed by atoms with Crippen molar-refractivity contribution in [2.24, 2.45) is 0 Å². The lowest BCUT2D eigenvalue weighted by molar-refractivity contribution is -0.114. The van der Waals surface area contributed by atoms with Gasteiger partial charge in [-0.1, -0.05) is 18.2 Å². The number of hydrogen-bond acceptors (Lipinski definition) is 3. The van der Waals surface area contributed by atoms with Crippen molar-refractivity contribution in [2.45, 2.75) is 13.8 Å². The highest BCUT2D eigenvalue weighted by Gasteiger charge is 1.98. The van der Waals surface area contributed by atoms with Crippen molar-refractivity contribution in [1.29, 1.82) is 0 Å². The van der Waals surface area contributed by atoms with Gasteiger partial charge in [0, 0.05) is 24.8 Å². The Labute approximate surface area is 125 Å². The quantitative estimate of drug-likeness (QED) is 0.799. The van der Waals surface area contributed by atoms with Crippen molar-refractivity contribution < 1.29 is 9.53 Å². The van der Waals surface area contributed by atoms with Gasteiger partial charge in [0.2, 0.25) is 5.91 Å². The number of ether oxygens (including phenoxy) is 1. The van der Waals surface area contributed by atoms with E-state index in [0.717, 1.165) is 23.7 Å². The van der Waals surface area contributed by atoms with Gasteiger partial charge < -0.3 is 15.4 Å². The maximum atomic E-state index is 10.9. The van der Waals surface area contributed by atoms with E-state index in [1.54, 1.807) is 0 Å². The monoisotopic (exact) mass is 284 g/mol. The molecule has 0 spiro atoms. The highest BCUT2D eigenvalue weighted by Crippen LogP contribution is 2.16. The Morgan fingerprint density at radius 1 is 1.10 bits per heavy atom. The fourth-order valence-electron chi connectivity index (χ4n) is 1.96. The first-order valence-corrected chi connectivity index (χ1v) is 6.95. The van der Waals surface area contributed by atoms with Crippen molar-refractivity contribution in [3.8, 4) is 5.75 Å². The Morgan fingerprint density at radius 3 is 2.48 bits per heavy atom. The molecule has 21 heavy (non-hydrogen) atoms. The van der Waals surface area contributed by atoms with Gasteiger partial charge in [-0.15, -0.1) is 0 Å².